The van der Waals surface area contributed by atoms with Gasteiger partial charge in [-0.2, -0.15) is 10.4 Å². The van der Waals surface area contributed by atoms with E-state index in [0.717, 1.165) is 62.3 Å². The summed E-state index contributed by atoms with van der Waals surface area (Å²) in [5, 5.41) is 14.0. The number of hydrogen-bond acceptors (Lipinski definition) is 6. The minimum atomic E-state index is -0.447. The lowest BCUT2D eigenvalue weighted by Crippen LogP contribution is -2.33. The predicted octanol–water partition coefficient (Wildman–Crippen LogP) is 5.81. The second-order valence-electron chi connectivity index (χ2n) is 11.0. The molecule has 1 aliphatic rings. The summed E-state index contributed by atoms with van der Waals surface area (Å²) < 4.78 is 24.3. The molecule has 1 saturated heterocycles. The molecule has 0 aliphatic carbocycles. The zero-order chi connectivity index (χ0) is 29.1. The number of fused-ring (bicyclic) bond motifs is 1. The first-order chi connectivity index (χ1) is 20.5. The lowest BCUT2D eigenvalue weighted by atomic mass is 9.93. The number of likely N-dealkylation sites (tertiary alicyclic amines) is 1. The van der Waals surface area contributed by atoms with Crippen molar-refractivity contribution in [1.82, 2.24) is 29.0 Å². The summed E-state index contributed by atoms with van der Waals surface area (Å²) in [6, 6.07) is 16.5. The fourth-order valence-electron chi connectivity index (χ4n) is 5.75. The van der Waals surface area contributed by atoms with Crippen molar-refractivity contribution in [3.05, 3.63) is 112 Å². The van der Waals surface area contributed by atoms with Gasteiger partial charge in [-0.1, -0.05) is 12.1 Å². The number of aryl methyl sites for hydroxylation is 2. The summed E-state index contributed by atoms with van der Waals surface area (Å²) in [5.74, 6) is 0.366. The summed E-state index contributed by atoms with van der Waals surface area (Å²) in [7, 11) is 0. The second-order valence-corrected chi connectivity index (χ2v) is 11.0. The van der Waals surface area contributed by atoms with Gasteiger partial charge >= 0.3 is 0 Å². The smallest absolute Gasteiger partial charge is 0.213 e. The van der Waals surface area contributed by atoms with Gasteiger partial charge in [-0.15, -0.1) is 0 Å². The first-order valence-electron chi connectivity index (χ1n) is 14.5. The van der Waals surface area contributed by atoms with Gasteiger partial charge < -0.3 is 9.30 Å². The summed E-state index contributed by atoms with van der Waals surface area (Å²) in [6.07, 6.45) is 8.70. The Morgan fingerprint density at radius 2 is 1.98 bits per heavy atom. The van der Waals surface area contributed by atoms with Crippen LogP contribution >= 0.6 is 0 Å². The summed E-state index contributed by atoms with van der Waals surface area (Å²) in [4.78, 5) is 11.6. The molecule has 0 radical (unpaired) electrons. The Hall–Kier alpha value is -4.55. The lowest BCUT2D eigenvalue weighted by Gasteiger charge is -2.31. The molecule has 0 bridgehead atoms. The van der Waals surface area contributed by atoms with Crippen LogP contribution in [0.2, 0.25) is 0 Å². The van der Waals surface area contributed by atoms with Crippen molar-refractivity contribution in [3.63, 3.8) is 0 Å². The molecule has 5 heterocycles. The lowest BCUT2D eigenvalue weighted by molar-refractivity contribution is 0.199. The Labute approximate surface area is 245 Å². The number of piperidine rings is 1. The van der Waals surface area contributed by atoms with Crippen molar-refractivity contribution >= 4 is 5.52 Å². The molecule has 1 aromatic carbocycles. The molecular weight excluding hydrogens is 529 g/mol. The van der Waals surface area contributed by atoms with E-state index in [0.29, 0.717) is 22.9 Å². The number of rotatable bonds is 9. The van der Waals surface area contributed by atoms with Crippen LogP contribution in [0.25, 0.3) is 5.52 Å². The number of pyridine rings is 2. The van der Waals surface area contributed by atoms with Crippen molar-refractivity contribution in [2.24, 2.45) is 0 Å². The highest BCUT2D eigenvalue weighted by atomic mass is 19.1. The van der Waals surface area contributed by atoms with E-state index in [9.17, 15) is 4.39 Å². The van der Waals surface area contributed by atoms with Crippen LogP contribution < -0.4 is 4.74 Å². The zero-order valence-corrected chi connectivity index (χ0v) is 24.0. The maximum Gasteiger partial charge on any atom is 0.213 e. The van der Waals surface area contributed by atoms with Crippen LogP contribution in [0, 0.1) is 24.1 Å². The molecule has 1 fully saturated rings. The highest BCUT2D eigenvalue weighted by Crippen LogP contribution is 2.30. The fourth-order valence-corrected chi connectivity index (χ4v) is 5.75. The number of ether oxygens (including phenoxy) is 1. The van der Waals surface area contributed by atoms with Gasteiger partial charge in [-0.3, -0.25) is 4.90 Å². The van der Waals surface area contributed by atoms with Gasteiger partial charge in [-0.05, 0) is 75.7 Å². The largest absolute Gasteiger partial charge is 0.473 e. The molecule has 9 heteroatoms. The quantitative estimate of drug-likeness (QED) is 0.225. The van der Waals surface area contributed by atoms with Crippen molar-refractivity contribution in [2.45, 2.75) is 58.7 Å². The van der Waals surface area contributed by atoms with E-state index < -0.39 is 5.82 Å². The standard InChI is InChI=1S/C33H34FN7O/c1-3-40-22-36-19-27(40)17-28-31(38-41-14-9-23(2)15-32(28)41)20-39-12-10-25(11-13-39)30-5-4-6-33(37-30)42-21-26-8-7-24(18-35)16-29(26)34/h4-9,14-16,19,22,25H,3,10-13,17,20-21H2,1-2H3. The molecule has 0 unspecified atom stereocenters. The molecule has 0 atom stereocenters. The van der Waals surface area contributed by atoms with Crippen LogP contribution in [0.5, 0.6) is 5.88 Å². The maximum absolute atomic E-state index is 14.3. The number of hydrogen-bond donors (Lipinski definition) is 0. The van der Waals surface area contributed by atoms with Crippen molar-refractivity contribution in [3.8, 4) is 11.9 Å². The number of aromatic nitrogens is 5. The van der Waals surface area contributed by atoms with Crippen LogP contribution in [0.3, 0.4) is 0 Å². The molecule has 0 spiro atoms. The van der Waals surface area contributed by atoms with Gasteiger partial charge in [0, 0.05) is 66.4 Å². The maximum atomic E-state index is 14.3. The molecule has 5 aromatic rings. The van der Waals surface area contributed by atoms with Crippen LogP contribution in [0.4, 0.5) is 4.39 Å². The Bertz CT molecular complexity index is 1740. The molecule has 4 aromatic heterocycles. The van der Waals surface area contributed by atoms with Crippen molar-refractivity contribution in [1.29, 1.82) is 5.26 Å². The van der Waals surface area contributed by atoms with Gasteiger partial charge in [0.15, 0.2) is 0 Å². The third-order valence-electron chi connectivity index (χ3n) is 8.15. The zero-order valence-electron chi connectivity index (χ0n) is 24.0. The Morgan fingerprint density at radius 3 is 2.76 bits per heavy atom. The highest BCUT2D eigenvalue weighted by molar-refractivity contribution is 5.59. The number of nitriles is 1. The topological polar surface area (TPSA) is 84.3 Å². The number of halogens is 1. The average Bonchev–Trinajstić information content (AvgIpc) is 3.61. The van der Waals surface area contributed by atoms with Gasteiger partial charge in [0.1, 0.15) is 12.4 Å². The van der Waals surface area contributed by atoms with E-state index in [1.807, 2.05) is 29.2 Å². The predicted molar refractivity (Wildman–Crippen MR) is 158 cm³/mol. The van der Waals surface area contributed by atoms with E-state index in [4.69, 9.17) is 20.1 Å². The summed E-state index contributed by atoms with van der Waals surface area (Å²) in [6.45, 7) is 7.92. The monoisotopic (exact) mass is 563 g/mol. The third kappa shape index (κ3) is 5.90. The molecule has 8 nitrogen and oxygen atoms in total. The number of nitrogens with zero attached hydrogens (tertiary/aromatic N) is 7. The first kappa shape index (κ1) is 27.6. The summed E-state index contributed by atoms with van der Waals surface area (Å²) in [5.41, 5.74) is 7.65. The van der Waals surface area contributed by atoms with E-state index >= 15 is 0 Å². The van der Waals surface area contributed by atoms with E-state index in [-0.39, 0.29) is 6.61 Å². The van der Waals surface area contributed by atoms with Gasteiger partial charge in [0.25, 0.3) is 0 Å². The Balaban J connectivity index is 1.12. The first-order valence-corrected chi connectivity index (χ1v) is 14.5. The van der Waals surface area contributed by atoms with Crippen LogP contribution in [0.1, 0.15) is 65.0 Å². The molecule has 0 saturated carbocycles. The number of imidazole rings is 1. The van der Waals surface area contributed by atoms with Crippen LogP contribution in [0.15, 0.2) is 67.3 Å². The normalized spacial score (nSPS) is 14.3. The van der Waals surface area contributed by atoms with Crippen LogP contribution in [-0.4, -0.2) is 42.1 Å². The second kappa shape index (κ2) is 12.1. The fraction of sp³-hybridized carbons (Fsp3) is 0.333. The Kier molecular flexibility index (Phi) is 7.97. The highest BCUT2D eigenvalue weighted by Gasteiger charge is 2.24. The molecule has 0 amide bonds. The minimum absolute atomic E-state index is 0.0619. The summed E-state index contributed by atoms with van der Waals surface area (Å²) >= 11 is 0. The molecule has 42 heavy (non-hydrogen) atoms. The van der Waals surface area contributed by atoms with E-state index in [2.05, 4.69) is 52.7 Å². The van der Waals surface area contributed by atoms with Crippen molar-refractivity contribution < 1.29 is 9.13 Å². The minimum Gasteiger partial charge on any atom is -0.473 e. The van der Waals surface area contributed by atoms with E-state index in [1.54, 1.807) is 18.2 Å². The molecule has 0 N–H and O–H groups in total. The average molecular weight is 564 g/mol. The van der Waals surface area contributed by atoms with Gasteiger partial charge in [-0.25, -0.2) is 18.9 Å². The van der Waals surface area contributed by atoms with Crippen LogP contribution in [-0.2, 0) is 26.1 Å². The molecule has 6 rings (SSSR count). The van der Waals surface area contributed by atoms with Crippen molar-refractivity contribution in [2.75, 3.05) is 13.1 Å². The molecular formula is C33H34FN7O. The molecule has 1 aliphatic heterocycles. The van der Waals surface area contributed by atoms with E-state index in [1.165, 1.54) is 22.9 Å². The van der Waals surface area contributed by atoms with Gasteiger partial charge in [0.2, 0.25) is 5.88 Å². The Morgan fingerprint density at radius 1 is 1.12 bits per heavy atom. The molecule has 214 valence electrons. The SMILES string of the molecule is CCn1cncc1Cc1c(CN2CCC(c3cccc(OCc4ccc(C#N)cc4F)n3)CC2)nn2ccc(C)cc12. The van der Waals surface area contributed by atoms with Gasteiger partial charge in [0.05, 0.1) is 29.2 Å². The third-order valence-corrected chi connectivity index (χ3v) is 8.15. The number of benzene rings is 1.